The van der Waals surface area contributed by atoms with E-state index in [1.807, 2.05) is 6.07 Å². The number of alkyl halides is 3. The van der Waals surface area contributed by atoms with Crippen LogP contribution in [0.25, 0.3) is 0 Å². The molecule has 0 bridgehead atoms. The molecule has 0 spiro atoms. The van der Waals surface area contributed by atoms with Crippen LogP contribution in [0, 0.1) is 0 Å². The fraction of sp³-hybridized carbons (Fsp3) is 0.533. The maximum Gasteiger partial charge on any atom is 0.411 e. The van der Waals surface area contributed by atoms with Crippen LogP contribution in [0.15, 0.2) is 23.2 Å². The molecule has 1 aromatic rings. The van der Waals surface area contributed by atoms with Gasteiger partial charge in [0.05, 0.1) is 20.8 Å². The number of rotatable bonds is 9. The third-order valence-corrected chi connectivity index (χ3v) is 2.92. The number of methoxy groups -OCH3 is 2. The molecule has 0 amide bonds. The van der Waals surface area contributed by atoms with Crippen molar-refractivity contribution in [2.75, 3.05) is 34.0 Å². The van der Waals surface area contributed by atoms with Gasteiger partial charge in [-0.1, -0.05) is 6.07 Å². The Morgan fingerprint density at radius 1 is 1.20 bits per heavy atom. The van der Waals surface area contributed by atoms with Gasteiger partial charge in [0, 0.05) is 13.2 Å². The number of benzene rings is 1. The molecule has 0 atom stereocenters. The molecule has 10 heteroatoms. The van der Waals surface area contributed by atoms with Gasteiger partial charge in [0.25, 0.3) is 0 Å². The highest BCUT2D eigenvalue weighted by Crippen LogP contribution is 2.27. The predicted octanol–water partition coefficient (Wildman–Crippen LogP) is 2.70. The third kappa shape index (κ3) is 10.2. The molecule has 0 radical (unpaired) electrons. The first-order valence-electron chi connectivity index (χ1n) is 7.25. The van der Waals surface area contributed by atoms with Gasteiger partial charge in [-0.15, -0.1) is 24.0 Å². The number of halogens is 4. The van der Waals surface area contributed by atoms with Crippen molar-refractivity contribution < 1.29 is 27.4 Å². The second-order valence-corrected chi connectivity index (χ2v) is 4.84. The van der Waals surface area contributed by atoms with E-state index in [-0.39, 0.29) is 36.5 Å². The summed E-state index contributed by atoms with van der Waals surface area (Å²) < 4.78 is 50.4. The van der Waals surface area contributed by atoms with Crippen molar-refractivity contribution in [3.63, 3.8) is 0 Å². The van der Waals surface area contributed by atoms with Gasteiger partial charge >= 0.3 is 6.18 Å². The van der Waals surface area contributed by atoms with Gasteiger partial charge in [0.15, 0.2) is 17.5 Å². The summed E-state index contributed by atoms with van der Waals surface area (Å²) in [5.41, 5.74) is 6.57. The smallest absolute Gasteiger partial charge is 0.411 e. The van der Waals surface area contributed by atoms with Gasteiger partial charge in [0.2, 0.25) is 0 Å². The molecule has 25 heavy (non-hydrogen) atoms. The Hall–Kier alpha value is -1.43. The minimum absolute atomic E-state index is 0. The van der Waals surface area contributed by atoms with Crippen molar-refractivity contribution in [1.82, 2.24) is 5.32 Å². The molecular formula is C15H23F3IN3O3. The molecule has 0 unspecified atom stereocenters. The third-order valence-electron chi connectivity index (χ3n) is 2.92. The Morgan fingerprint density at radius 2 is 1.88 bits per heavy atom. The summed E-state index contributed by atoms with van der Waals surface area (Å²) in [4.78, 5) is 4.15. The molecular weight excluding hydrogens is 454 g/mol. The van der Waals surface area contributed by atoms with Crippen LogP contribution < -0.4 is 20.5 Å². The summed E-state index contributed by atoms with van der Waals surface area (Å²) >= 11 is 0. The van der Waals surface area contributed by atoms with Gasteiger partial charge in [-0.3, -0.25) is 0 Å². The van der Waals surface area contributed by atoms with E-state index in [1.54, 1.807) is 26.4 Å². The zero-order valence-corrected chi connectivity index (χ0v) is 16.4. The van der Waals surface area contributed by atoms with E-state index in [9.17, 15) is 13.2 Å². The molecule has 0 fully saturated rings. The quantitative estimate of drug-likeness (QED) is 0.248. The van der Waals surface area contributed by atoms with Crippen LogP contribution in [-0.2, 0) is 11.3 Å². The normalized spacial score (nSPS) is 11.6. The molecule has 1 rings (SSSR count). The van der Waals surface area contributed by atoms with Crippen LogP contribution in [0.5, 0.6) is 11.5 Å². The molecule has 0 saturated carbocycles. The van der Waals surface area contributed by atoms with Crippen LogP contribution in [-0.4, -0.2) is 46.1 Å². The Kier molecular flexibility index (Phi) is 11.3. The molecule has 3 N–H and O–H groups in total. The molecule has 0 heterocycles. The second-order valence-electron chi connectivity index (χ2n) is 4.84. The number of nitrogens with two attached hydrogens (primary N) is 1. The Labute approximate surface area is 161 Å². The first-order valence-corrected chi connectivity index (χ1v) is 7.25. The maximum absolute atomic E-state index is 11.9. The Balaban J connectivity index is 0.00000576. The monoisotopic (exact) mass is 477 g/mol. The fourth-order valence-electron chi connectivity index (χ4n) is 1.79. The molecule has 0 aromatic heterocycles. The van der Waals surface area contributed by atoms with Crippen molar-refractivity contribution >= 4 is 29.9 Å². The zero-order valence-electron chi connectivity index (χ0n) is 14.1. The number of hydrogen-bond donors (Lipinski definition) is 2. The van der Waals surface area contributed by atoms with Crippen LogP contribution in [0.4, 0.5) is 13.2 Å². The minimum Gasteiger partial charge on any atom is -0.493 e. The molecule has 0 aliphatic rings. The van der Waals surface area contributed by atoms with E-state index in [0.717, 1.165) is 5.56 Å². The summed E-state index contributed by atoms with van der Waals surface area (Å²) in [5.74, 6) is 1.43. The number of ether oxygens (including phenoxy) is 3. The number of hydrogen-bond acceptors (Lipinski definition) is 4. The van der Waals surface area contributed by atoms with Crippen molar-refractivity contribution in [2.24, 2.45) is 10.7 Å². The summed E-state index contributed by atoms with van der Waals surface area (Å²) in [6, 6.07) is 5.40. The van der Waals surface area contributed by atoms with E-state index >= 15 is 0 Å². The van der Waals surface area contributed by atoms with Gasteiger partial charge in [-0.2, -0.15) is 13.2 Å². The molecule has 0 aliphatic carbocycles. The summed E-state index contributed by atoms with van der Waals surface area (Å²) in [6.07, 6.45) is -3.91. The predicted molar refractivity (Wildman–Crippen MR) is 99.8 cm³/mol. The largest absolute Gasteiger partial charge is 0.493 e. The highest BCUT2D eigenvalue weighted by atomic mass is 127. The van der Waals surface area contributed by atoms with Gasteiger partial charge in [-0.05, 0) is 24.1 Å². The fourth-order valence-corrected chi connectivity index (χ4v) is 1.79. The molecule has 6 nitrogen and oxygen atoms in total. The van der Waals surface area contributed by atoms with Gasteiger partial charge < -0.3 is 25.3 Å². The lowest BCUT2D eigenvalue weighted by Crippen LogP contribution is -2.33. The van der Waals surface area contributed by atoms with E-state index in [1.165, 1.54) is 0 Å². The first kappa shape index (κ1) is 23.6. The van der Waals surface area contributed by atoms with Crippen molar-refractivity contribution in [2.45, 2.75) is 19.1 Å². The van der Waals surface area contributed by atoms with Crippen LogP contribution in [0.1, 0.15) is 12.0 Å². The molecule has 0 aliphatic heterocycles. The van der Waals surface area contributed by atoms with E-state index in [2.05, 4.69) is 15.0 Å². The lowest BCUT2D eigenvalue weighted by atomic mass is 10.2. The topological polar surface area (TPSA) is 78.1 Å². The molecule has 144 valence electrons. The highest BCUT2D eigenvalue weighted by Gasteiger charge is 2.27. The van der Waals surface area contributed by atoms with E-state index in [4.69, 9.17) is 15.2 Å². The Morgan fingerprint density at radius 3 is 2.48 bits per heavy atom. The van der Waals surface area contributed by atoms with Gasteiger partial charge in [0.1, 0.15) is 6.61 Å². The van der Waals surface area contributed by atoms with Crippen molar-refractivity contribution in [3.05, 3.63) is 23.8 Å². The lowest BCUT2D eigenvalue weighted by molar-refractivity contribution is -0.173. The van der Waals surface area contributed by atoms with E-state index < -0.39 is 12.8 Å². The highest BCUT2D eigenvalue weighted by molar-refractivity contribution is 14.0. The summed E-state index contributed by atoms with van der Waals surface area (Å²) in [6.45, 7) is -0.534. The van der Waals surface area contributed by atoms with E-state index in [0.29, 0.717) is 31.0 Å². The number of nitrogens with zero attached hydrogens (tertiary/aromatic N) is 1. The number of guanidine groups is 1. The second kappa shape index (κ2) is 12.0. The number of aliphatic imine (C=N–C) groups is 1. The van der Waals surface area contributed by atoms with Crippen molar-refractivity contribution in [3.8, 4) is 11.5 Å². The van der Waals surface area contributed by atoms with Crippen LogP contribution in [0.2, 0.25) is 0 Å². The average Bonchev–Trinajstić information content (AvgIpc) is 2.54. The van der Waals surface area contributed by atoms with Crippen molar-refractivity contribution in [1.29, 1.82) is 0 Å². The van der Waals surface area contributed by atoms with Crippen LogP contribution >= 0.6 is 24.0 Å². The SMILES string of the molecule is COc1ccc(CN=C(N)NCCCOCC(F)(F)F)cc1OC.I. The van der Waals surface area contributed by atoms with Crippen LogP contribution in [0.3, 0.4) is 0 Å². The van der Waals surface area contributed by atoms with Gasteiger partial charge in [-0.25, -0.2) is 4.99 Å². The standard InChI is InChI=1S/C15H22F3N3O3.HI/c1-22-12-5-4-11(8-13(12)23-2)9-21-14(19)20-6-3-7-24-10-15(16,17)18;/h4-5,8H,3,6-7,9-10H2,1-2H3,(H3,19,20,21);1H. The first-order chi connectivity index (χ1) is 11.4. The zero-order chi connectivity index (χ0) is 18.0. The summed E-state index contributed by atoms with van der Waals surface area (Å²) in [7, 11) is 3.09. The lowest BCUT2D eigenvalue weighted by Gasteiger charge is -2.09. The minimum atomic E-state index is -4.30. The Bertz CT molecular complexity index is 542. The summed E-state index contributed by atoms with van der Waals surface area (Å²) in [5, 5.41) is 2.81. The maximum atomic E-state index is 11.9. The molecule has 1 aromatic carbocycles. The number of nitrogens with one attached hydrogen (secondary N) is 1. The average molecular weight is 477 g/mol. The molecule has 0 saturated heterocycles.